The van der Waals surface area contributed by atoms with Crippen molar-refractivity contribution in [3.05, 3.63) is 29.8 Å². The third-order valence-electron chi connectivity index (χ3n) is 5.42. The van der Waals surface area contributed by atoms with Gasteiger partial charge in [0.15, 0.2) is 0 Å². The summed E-state index contributed by atoms with van der Waals surface area (Å²) in [6.45, 7) is 1.93. The molecule has 4 rings (SSSR count). The van der Waals surface area contributed by atoms with Gasteiger partial charge in [-0.3, -0.25) is 4.79 Å². The second kappa shape index (κ2) is 6.46. The van der Waals surface area contributed by atoms with Gasteiger partial charge in [0.25, 0.3) is 12.3 Å². The van der Waals surface area contributed by atoms with Crippen molar-refractivity contribution in [1.82, 2.24) is 15.1 Å². The van der Waals surface area contributed by atoms with Crippen LogP contribution in [0.5, 0.6) is 0 Å². The summed E-state index contributed by atoms with van der Waals surface area (Å²) < 4.78 is 57.6. The highest BCUT2D eigenvalue weighted by atomic mass is 19.3. The molecular weight excluding hydrogens is 380 g/mol. The molecule has 1 aliphatic heterocycles. The Morgan fingerprint density at radius 1 is 1.25 bits per heavy atom. The summed E-state index contributed by atoms with van der Waals surface area (Å²) in [6, 6.07) is 4.65. The van der Waals surface area contributed by atoms with Crippen molar-refractivity contribution in [2.24, 2.45) is 5.41 Å². The van der Waals surface area contributed by atoms with Crippen molar-refractivity contribution >= 4 is 11.9 Å². The van der Waals surface area contributed by atoms with Crippen LogP contribution in [0, 0.1) is 5.41 Å². The zero-order valence-electron chi connectivity index (χ0n) is 15.0. The topological polar surface area (TPSA) is 71.3 Å². The number of benzene rings is 1. The first kappa shape index (κ1) is 18.7. The summed E-state index contributed by atoms with van der Waals surface area (Å²) in [5.41, 5.74) is -0.712. The van der Waals surface area contributed by atoms with Crippen LogP contribution in [0.3, 0.4) is 0 Å². The summed E-state index contributed by atoms with van der Waals surface area (Å²) in [5.74, 6) is -2.89. The molecule has 1 N–H and O–H groups in total. The summed E-state index contributed by atoms with van der Waals surface area (Å²) >= 11 is 0. The maximum absolute atomic E-state index is 13.5. The monoisotopic (exact) mass is 398 g/mol. The van der Waals surface area contributed by atoms with E-state index in [1.165, 1.54) is 29.2 Å². The number of aromatic nitrogens is 2. The zero-order chi connectivity index (χ0) is 20.1. The second-order valence-electron chi connectivity index (χ2n) is 7.37. The number of hydrogen-bond acceptors (Lipinski definition) is 5. The van der Waals surface area contributed by atoms with Crippen LogP contribution < -0.4 is 5.32 Å². The Hall–Kier alpha value is -2.65. The van der Waals surface area contributed by atoms with Gasteiger partial charge in [0.2, 0.25) is 11.8 Å². The molecule has 1 saturated carbocycles. The van der Waals surface area contributed by atoms with Crippen molar-refractivity contribution < 1.29 is 26.8 Å². The lowest BCUT2D eigenvalue weighted by Gasteiger charge is -2.21. The van der Waals surface area contributed by atoms with Gasteiger partial charge in [-0.25, -0.2) is 17.6 Å². The zero-order valence-corrected chi connectivity index (χ0v) is 15.0. The molecule has 0 unspecified atom stereocenters. The van der Waals surface area contributed by atoms with E-state index in [1.54, 1.807) is 6.92 Å². The van der Waals surface area contributed by atoms with Crippen LogP contribution in [0.25, 0.3) is 11.5 Å². The van der Waals surface area contributed by atoms with E-state index >= 15 is 0 Å². The maximum atomic E-state index is 13.5. The molecule has 1 aromatic carbocycles. The predicted octanol–water partition coefficient (Wildman–Crippen LogP) is 3.73. The van der Waals surface area contributed by atoms with Gasteiger partial charge < -0.3 is 14.6 Å². The standard InChI is InChI=1S/C18H18F4N4O2/c1-10(15(27)26-7-6-17(9-26)8-18(17,21)22)23-16-25-24-14(28-16)12-4-2-11(3-5-12)13(19)20/h2-5,10,13H,6-9H2,1H3,(H,23,25)/t10-,17-/m1/s1. The molecule has 2 aliphatic rings. The van der Waals surface area contributed by atoms with Crippen molar-refractivity contribution in [1.29, 1.82) is 0 Å². The number of rotatable bonds is 5. The molecule has 1 spiro atoms. The third kappa shape index (κ3) is 3.20. The Bertz CT molecular complexity index is 886. The highest BCUT2D eigenvalue weighted by molar-refractivity contribution is 5.84. The molecule has 1 saturated heterocycles. The third-order valence-corrected chi connectivity index (χ3v) is 5.42. The molecular formula is C18H18F4N4O2. The first-order chi connectivity index (χ1) is 13.2. The molecule has 0 bridgehead atoms. The highest BCUT2D eigenvalue weighted by Crippen LogP contribution is 2.65. The average Bonchev–Trinajstić information content (AvgIpc) is 3.06. The van der Waals surface area contributed by atoms with Gasteiger partial charge in [0.1, 0.15) is 6.04 Å². The molecule has 1 aliphatic carbocycles. The molecule has 2 aromatic rings. The summed E-state index contributed by atoms with van der Waals surface area (Å²) in [4.78, 5) is 13.9. The number of alkyl halides is 4. The molecule has 2 heterocycles. The molecule has 2 atom stereocenters. The normalized spacial score (nSPS) is 24.0. The van der Waals surface area contributed by atoms with Gasteiger partial charge in [0, 0.05) is 30.6 Å². The summed E-state index contributed by atoms with van der Waals surface area (Å²) in [5, 5.41) is 10.4. The lowest BCUT2D eigenvalue weighted by molar-refractivity contribution is -0.131. The smallest absolute Gasteiger partial charge is 0.316 e. The number of likely N-dealkylation sites (tertiary alicyclic amines) is 1. The van der Waals surface area contributed by atoms with Crippen molar-refractivity contribution in [3.63, 3.8) is 0 Å². The van der Waals surface area contributed by atoms with Gasteiger partial charge in [-0.2, -0.15) is 0 Å². The minimum Gasteiger partial charge on any atom is -0.403 e. The molecule has 1 amide bonds. The number of hydrogen-bond donors (Lipinski definition) is 1. The van der Waals surface area contributed by atoms with Crippen LogP contribution >= 0.6 is 0 Å². The van der Waals surface area contributed by atoms with Crippen LogP contribution in [0.15, 0.2) is 28.7 Å². The van der Waals surface area contributed by atoms with E-state index < -0.39 is 23.8 Å². The largest absolute Gasteiger partial charge is 0.403 e. The first-order valence-corrected chi connectivity index (χ1v) is 8.86. The fourth-order valence-electron chi connectivity index (χ4n) is 3.57. The summed E-state index contributed by atoms with van der Waals surface area (Å²) in [7, 11) is 0. The number of amides is 1. The predicted molar refractivity (Wildman–Crippen MR) is 91.0 cm³/mol. The number of nitrogens with one attached hydrogen (secondary N) is 1. The minimum absolute atomic E-state index is 0.0144. The maximum Gasteiger partial charge on any atom is 0.316 e. The van der Waals surface area contributed by atoms with Gasteiger partial charge >= 0.3 is 6.01 Å². The SMILES string of the molecule is C[C@@H](Nc1nnc(-c2ccc(C(F)F)cc2)o1)C(=O)N1CC[C@]2(C1)CC2(F)F. The van der Waals surface area contributed by atoms with Gasteiger partial charge in [0.05, 0.1) is 5.41 Å². The average molecular weight is 398 g/mol. The number of nitrogens with zero attached hydrogens (tertiary/aromatic N) is 3. The lowest BCUT2D eigenvalue weighted by Crippen LogP contribution is -2.40. The van der Waals surface area contributed by atoms with E-state index in [0.29, 0.717) is 18.5 Å². The minimum atomic E-state index is -2.68. The van der Waals surface area contributed by atoms with E-state index in [-0.39, 0.29) is 36.3 Å². The van der Waals surface area contributed by atoms with E-state index in [4.69, 9.17) is 4.42 Å². The summed E-state index contributed by atoms with van der Waals surface area (Å²) in [6.07, 6.45) is -2.43. The number of anilines is 1. The highest BCUT2D eigenvalue weighted by Gasteiger charge is 2.73. The fourth-order valence-corrected chi connectivity index (χ4v) is 3.57. The van der Waals surface area contributed by atoms with E-state index in [1.807, 2.05) is 0 Å². The fraction of sp³-hybridized carbons (Fsp3) is 0.500. The van der Waals surface area contributed by atoms with E-state index in [0.717, 1.165) is 0 Å². The van der Waals surface area contributed by atoms with Crippen LogP contribution in [0.1, 0.15) is 31.8 Å². The molecule has 150 valence electrons. The number of halogens is 4. The molecule has 10 heteroatoms. The Kier molecular flexibility index (Phi) is 4.31. The van der Waals surface area contributed by atoms with Crippen LogP contribution in [-0.2, 0) is 4.79 Å². The van der Waals surface area contributed by atoms with Crippen LogP contribution in [-0.4, -0.2) is 46.1 Å². The van der Waals surface area contributed by atoms with Gasteiger partial charge in [-0.15, -0.1) is 5.10 Å². The van der Waals surface area contributed by atoms with Crippen molar-refractivity contribution in [3.8, 4) is 11.5 Å². The van der Waals surface area contributed by atoms with Crippen LogP contribution in [0.4, 0.5) is 23.6 Å². The van der Waals surface area contributed by atoms with Crippen molar-refractivity contribution in [2.45, 2.75) is 38.2 Å². The number of carbonyl (C=O) groups is 1. The van der Waals surface area contributed by atoms with Crippen LogP contribution in [0.2, 0.25) is 0 Å². The van der Waals surface area contributed by atoms with E-state index in [2.05, 4.69) is 15.5 Å². The molecule has 1 aromatic heterocycles. The molecule has 6 nitrogen and oxygen atoms in total. The first-order valence-electron chi connectivity index (χ1n) is 8.86. The van der Waals surface area contributed by atoms with Gasteiger partial charge in [-0.1, -0.05) is 17.2 Å². The Morgan fingerprint density at radius 2 is 1.93 bits per heavy atom. The molecule has 2 fully saturated rings. The second-order valence-corrected chi connectivity index (χ2v) is 7.37. The Morgan fingerprint density at radius 3 is 2.50 bits per heavy atom. The Balaban J connectivity index is 1.38. The van der Waals surface area contributed by atoms with Gasteiger partial charge in [-0.05, 0) is 25.5 Å². The lowest BCUT2D eigenvalue weighted by atomic mass is 10.1. The molecule has 28 heavy (non-hydrogen) atoms. The van der Waals surface area contributed by atoms with E-state index in [9.17, 15) is 22.4 Å². The quantitative estimate of drug-likeness (QED) is 0.777. The van der Waals surface area contributed by atoms with Crippen molar-refractivity contribution in [2.75, 3.05) is 18.4 Å². The Labute approximate surface area is 157 Å². The molecule has 0 radical (unpaired) electrons. The number of carbonyl (C=O) groups excluding carboxylic acids is 1.